The van der Waals surface area contributed by atoms with Gasteiger partial charge < -0.3 is 24.8 Å². The van der Waals surface area contributed by atoms with E-state index in [9.17, 15) is 0 Å². The van der Waals surface area contributed by atoms with Crippen molar-refractivity contribution < 1.29 is 44.0 Å². The molecule has 0 nitrogen and oxygen atoms in total. The minimum atomic E-state index is -0.139. The minimum Gasteiger partial charge on any atom is -1.00 e. The average Bonchev–Trinajstić information content (AvgIpc) is 3.19. The number of allylic oxidation sites excluding steroid dienone is 2. The quantitative estimate of drug-likeness (QED) is 0.438. The van der Waals surface area contributed by atoms with Gasteiger partial charge in [-0.3, -0.25) is 0 Å². The predicted octanol–water partition coefficient (Wildman–Crippen LogP) is 1.02. The van der Waals surface area contributed by atoms with Crippen LogP contribution in [0.1, 0.15) is 59.9 Å². The summed E-state index contributed by atoms with van der Waals surface area (Å²) in [5.74, 6) is 0. The normalized spacial score (nSPS) is 22.8. The summed E-state index contributed by atoms with van der Waals surface area (Å²) < 4.78 is 1.54. The van der Waals surface area contributed by atoms with Gasteiger partial charge in [-0.15, -0.1) is 0 Å². The number of benzene rings is 2. The molecule has 1 saturated heterocycles. The van der Waals surface area contributed by atoms with E-state index >= 15 is 0 Å². The summed E-state index contributed by atoms with van der Waals surface area (Å²) in [6.45, 7) is 11.7. The van der Waals surface area contributed by atoms with Crippen LogP contribution in [0.4, 0.5) is 0 Å². The monoisotopic (exact) mass is 462 g/mol. The fraction of sp³-hybridized carbons (Fsp3) is 0.333. The second kappa shape index (κ2) is 8.05. The zero-order chi connectivity index (χ0) is 18.2. The van der Waals surface area contributed by atoms with Gasteiger partial charge >= 0.3 is 168 Å². The molecule has 1 aliphatic heterocycles. The first kappa shape index (κ1) is 22.3. The summed E-state index contributed by atoms with van der Waals surface area (Å²) in [5, 5.41) is 3.61. The van der Waals surface area contributed by atoms with Crippen LogP contribution in [0.15, 0.2) is 34.9 Å². The number of rotatable bonds is 1. The van der Waals surface area contributed by atoms with Crippen molar-refractivity contribution in [3.8, 4) is 0 Å². The standard InChI is InChI=1S/C24H25P.2ClH.Ti/c1-6-25(19-11-21-15(2)7-8-16(3)22(21)12-19)20-13-23-17(4)9-10-18(5)24(23)14-20;;;/h7-14H,6H2,1-5H3;2*1H;/q;;;+2/p-2. The molecule has 1 heterocycles. The molecular formula is C24H25Cl2PTi. The van der Waals surface area contributed by atoms with Gasteiger partial charge in [0.25, 0.3) is 0 Å². The summed E-state index contributed by atoms with van der Waals surface area (Å²) >= 11 is -0.131. The molecule has 3 aliphatic rings. The van der Waals surface area contributed by atoms with E-state index in [1.807, 2.05) is 0 Å². The number of aryl methyl sites for hydroxylation is 4. The number of fused-ring (bicyclic) bond motifs is 6. The fourth-order valence-electron chi connectivity index (χ4n) is 5.10. The van der Waals surface area contributed by atoms with Gasteiger partial charge in [0.15, 0.2) is 0 Å². The molecule has 2 aromatic carbocycles. The van der Waals surface area contributed by atoms with E-state index < -0.39 is 0 Å². The Balaban J connectivity index is 0.00000112. The molecule has 0 bridgehead atoms. The van der Waals surface area contributed by atoms with Crippen LogP contribution in [0, 0.1) is 27.7 Å². The molecule has 4 heteroatoms. The van der Waals surface area contributed by atoms with E-state index in [4.69, 9.17) is 0 Å². The first-order valence-corrected chi connectivity index (χ1v) is 13.0. The smallest absolute Gasteiger partial charge is 1.00 e. The molecule has 2 aromatic rings. The van der Waals surface area contributed by atoms with E-state index in [0.717, 1.165) is 8.45 Å². The van der Waals surface area contributed by atoms with Gasteiger partial charge in [0, 0.05) is 0 Å². The van der Waals surface area contributed by atoms with Gasteiger partial charge in [-0.1, -0.05) is 0 Å². The summed E-state index contributed by atoms with van der Waals surface area (Å²) in [4.78, 5) is 0. The van der Waals surface area contributed by atoms with E-state index in [1.165, 1.54) is 28.4 Å². The molecule has 0 radical (unpaired) electrons. The van der Waals surface area contributed by atoms with E-state index in [-0.39, 0.29) is 51.9 Å². The molecule has 28 heavy (non-hydrogen) atoms. The Hall–Kier alpha value is -0.356. The van der Waals surface area contributed by atoms with Gasteiger partial charge in [-0.25, -0.2) is 0 Å². The summed E-state index contributed by atoms with van der Waals surface area (Å²) in [6, 6.07) is 9.35. The number of hydrogen-bond donors (Lipinski definition) is 0. The third kappa shape index (κ3) is 3.03. The maximum atomic E-state index is 2.61. The fourth-order valence-corrected chi connectivity index (χ4v) is 12.7. The van der Waals surface area contributed by atoms with Crippen LogP contribution in [0.5, 0.6) is 0 Å². The third-order valence-corrected chi connectivity index (χ3v) is 12.8. The zero-order valence-corrected chi connectivity index (χ0v) is 21.0. The first-order chi connectivity index (χ1) is 12.5. The van der Waals surface area contributed by atoms with Gasteiger partial charge in [-0.2, -0.15) is 0 Å². The molecule has 0 saturated carbocycles. The molecule has 0 N–H and O–H groups in total. The van der Waals surface area contributed by atoms with Gasteiger partial charge in [0.1, 0.15) is 0 Å². The topological polar surface area (TPSA) is 0 Å². The van der Waals surface area contributed by atoms with E-state index in [0.29, 0.717) is 0 Å². The molecule has 2 atom stereocenters. The molecule has 0 aromatic heterocycles. The van der Waals surface area contributed by atoms with Gasteiger partial charge in [0.2, 0.25) is 0 Å². The van der Waals surface area contributed by atoms with Crippen LogP contribution < -0.4 is 24.8 Å². The maximum Gasteiger partial charge on any atom is -1.00 e. The third-order valence-electron chi connectivity index (χ3n) is 6.47. The predicted molar refractivity (Wildman–Crippen MR) is 111 cm³/mol. The summed E-state index contributed by atoms with van der Waals surface area (Å²) in [6.07, 6.45) is 6.52. The number of halogens is 2. The second-order valence-corrected chi connectivity index (χ2v) is 12.8. The van der Waals surface area contributed by atoms with Crippen molar-refractivity contribution in [1.82, 2.24) is 0 Å². The Morgan fingerprint density at radius 1 is 0.714 bits per heavy atom. The second-order valence-electron chi connectivity index (χ2n) is 7.97. The Morgan fingerprint density at radius 2 is 1.11 bits per heavy atom. The van der Waals surface area contributed by atoms with E-state index in [2.05, 4.69) is 71.0 Å². The van der Waals surface area contributed by atoms with Gasteiger partial charge in [0.05, 0.1) is 0 Å². The summed E-state index contributed by atoms with van der Waals surface area (Å²) in [7, 11) is -0.139. The van der Waals surface area contributed by atoms with Crippen LogP contribution >= 0.6 is 7.92 Å². The molecule has 1 fully saturated rings. The molecule has 0 amide bonds. The van der Waals surface area contributed by atoms with Crippen LogP contribution in [-0.4, -0.2) is 6.16 Å². The molecule has 5 rings (SSSR count). The van der Waals surface area contributed by atoms with Crippen molar-refractivity contribution >= 4 is 20.1 Å². The van der Waals surface area contributed by atoms with Gasteiger partial charge in [-0.05, 0) is 0 Å². The maximum absolute atomic E-state index is 2.61. The SMILES string of the molecule is CCP1C2=Cc3c(C)ccc(C)c3[CH]2[Ti+2][CH]2C1=Cc1c(C)ccc(C)c12.[Cl-].[Cl-]. The van der Waals surface area contributed by atoms with Crippen LogP contribution in [0.25, 0.3) is 12.2 Å². The Kier molecular flexibility index (Phi) is 6.42. The van der Waals surface area contributed by atoms with E-state index in [1.54, 1.807) is 32.9 Å². The Labute approximate surface area is 191 Å². The molecule has 2 unspecified atom stereocenters. The van der Waals surface area contributed by atoms with Crippen molar-refractivity contribution in [2.24, 2.45) is 0 Å². The Morgan fingerprint density at radius 3 is 1.50 bits per heavy atom. The molecule has 0 spiro atoms. The molecule has 144 valence electrons. The first-order valence-electron chi connectivity index (χ1n) is 9.68. The average molecular weight is 463 g/mol. The largest absolute Gasteiger partial charge is 1.00 e. The zero-order valence-electron chi connectivity index (χ0n) is 17.0. The number of hydrogen-bond acceptors (Lipinski definition) is 0. The molecular weight excluding hydrogens is 438 g/mol. The van der Waals surface area contributed by atoms with Crippen molar-refractivity contribution in [1.29, 1.82) is 0 Å². The van der Waals surface area contributed by atoms with Crippen LogP contribution in [0.3, 0.4) is 0 Å². The van der Waals surface area contributed by atoms with Crippen LogP contribution in [0.2, 0.25) is 0 Å². The van der Waals surface area contributed by atoms with Crippen molar-refractivity contribution in [2.75, 3.05) is 6.16 Å². The van der Waals surface area contributed by atoms with Crippen molar-refractivity contribution in [2.45, 2.75) is 43.1 Å². The molecule has 2 aliphatic carbocycles. The van der Waals surface area contributed by atoms with Crippen LogP contribution in [-0.2, 0) is 19.2 Å². The van der Waals surface area contributed by atoms with Crippen molar-refractivity contribution in [3.63, 3.8) is 0 Å². The summed E-state index contributed by atoms with van der Waals surface area (Å²) in [5.41, 5.74) is 12.5. The minimum absolute atomic E-state index is 0. The Bertz CT molecular complexity index is 942. The van der Waals surface area contributed by atoms with Crippen molar-refractivity contribution in [3.05, 3.63) is 79.4 Å².